The van der Waals surface area contributed by atoms with Crippen molar-refractivity contribution in [3.05, 3.63) is 29.8 Å². The summed E-state index contributed by atoms with van der Waals surface area (Å²) in [5.74, 6) is 0.127. The molecule has 0 radical (unpaired) electrons. The summed E-state index contributed by atoms with van der Waals surface area (Å²) in [5.41, 5.74) is 0.753. The predicted molar refractivity (Wildman–Crippen MR) is 71.7 cm³/mol. The van der Waals surface area contributed by atoms with Crippen molar-refractivity contribution in [3.8, 4) is 0 Å². The van der Waals surface area contributed by atoms with Gasteiger partial charge in [0.2, 0.25) is 0 Å². The van der Waals surface area contributed by atoms with Crippen LogP contribution in [0.3, 0.4) is 0 Å². The van der Waals surface area contributed by atoms with Gasteiger partial charge in [-0.15, -0.1) is 12.6 Å². The van der Waals surface area contributed by atoms with Gasteiger partial charge in [0.05, 0.1) is 0 Å². The number of thiol groups is 1. The lowest BCUT2D eigenvalue weighted by Gasteiger charge is -2.25. The molecule has 1 aliphatic heterocycles. The van der Waals surface area contributed by atoms with Crippen LogP contribution in [0.4, 0.5) is 0 Å². The molecule has 2 rings (SSSR count). The quantitative estimate of drug-likeness (QED) is 0.745. The van der Waals surface area contributed by atoms with Gasteiger partial charge in [-0.2, -0.15) is 0 Å². The molecular weight excluding hydrogens is 232 g/mol. The Hall–Kier alpha value is -1.00. The molecule has 1 aromatic rings. The van der Waals surface area contributed by atoms with Crippen molar-refractivity contribution in [2.24, 2.45) is 0 Å². The third kappa shape index (κ3) is 3.48. The van der Waals surface area contributed by atoms with E-state index in [1.54, 1.807) is 0 Å². The zero-order valence-electron chi connectivity index (χ0n) is 9.85. The number of benzene rings is 1. The van der Waals surface area contributed by atoms with Crippen molar-refractivity contribution in [2.45, 2.75) is 17.7 Å². The third-order valence-corrected chi connectivity index (χ3v) is 3.29. The monoisotopic (exact) mass is 250 g/mol. The summed E-state index contributed by atoms with van der Waals surface area (Å²) in [4.78, 5) is 15.1. The molecule has 1 amide bonds. The molecule has 1 saturated heterocycles. The summed E-state index contributed by atoms with van der Waals surface area (Å²) in [6.07, 6.45) is 2.21. The maximum Gasteiger partial charge on any atom is 0.253 e. The second-order valence-corrected chi connectivity index (χ2v) is 4.81. The SMILES string of the molecule is O=C(c1ccc(S)cc1)N1CCCCNCC1. The molecule has 0 bridgehead atoms. The van der Waals surface area contributed by atoms with Gasteiger partial charge in [0, 0.05) is 30.1 Å². The van der Waals surface area contributed by atoms with Gasteiger partial charge >= 0.3 is 0 Å². The molecule has 0 atom stereocenters. The van der Waals surface area contributed by atoms with Crippen LogP contribution in [-0.2, 0) is 0 Å². The minimum Gasteiger partial charge on any atom is -0.337 e. The standard InChI is InChI=1S/C13H18N2OS/c16-13(11-3-5-12(17)6-4-11)15-9-2-1-7-14-8-10-15/h3-6,14,17H,1-2,7-10H2. The summed E-state index contributed by atoms with van der Waals surface area (Å²) in [5, 5.41) is 3.33. The summed E-state index contributed by atoms with van der Waals surface area (Å²) >= 11 is 4.22. The van der Waals surface area contributed by atoms with Crippen molar-refractivity contribution in [1.82, 2.24) is 10.2 Å². The van der Waals surface area contributed by atoms with E-state index in [2.05, 4.69) is 17.9 Å². The highest BCUT2D eigenvalue weighted by molar-refractivity contribution is 7.80. The van der Waals surface area contributed by atoms with Crippen LogP contribution in [-0.4, -0.2) is 37.0 Å². The van der Waals surface area contributed by atoms with E-state index < -0.39 is 0 Å². The summed E-state index contributed by atoms with van der Waals surface area (Å²) in [7, 11) is 0. The number of hydrogen-bond donors (Lipinski definition) is 2. The lowest BCUT2D eigenvalue weighted by atomic mass is 10.1. The van der Waals surface area contributed by atoms with E-state index in [-0.39, 0.29) is 5.91 Å². The largest absolute Gasteiger partial charge is 0.337 e. The summed E-state index contributed by atoms with van der Waals surface area (Å²) < 4.78 is 0. The van der Waals surface area contributed by atoms with Crippen LogP contribution in [0.2, 0.25) is 0 Å². The molecule has 1 aliphatic rings. The number of rotatable bonds is 1. The normalized spacial score (nSPS) is 17.4. The number of carbonyl (C=O) groups is 1. The van der Waals surface area contributed by atoms with E-state index in [1.807, 2.05) is 29.2 Å². The summed E-state index contributed by atoms with van der Waals surface area (Å²) in [6.45, 7) is 3.61. The number of nitrogens with zero attached hydrogens (tertiary/aromatic N) is 1. The Bertz CT molecular complexity index is 370. The molecular formula is C13H18N2OS. The van der Waals surface area contributed by atoms with Gasteiger partial charge in [0.15, 0.2) is 0 Å². The van der Waals surface area contributed by atoms with Crippen LogP contribution in [0.1, 0.15) is 23.2 Å². The first kappa shape index (κ1) is 12.5. The molecule has 0 aromatic heterocycles. The Morgan fingerprint density at radius 1 is 1.12 bits per heavy atom. The van der Waals surface area contributed by atoms with E-state index in [4.69, 9.17) is 0 Å². The molecule has 1 heterocycles. The average molecular weight is 250 g/mol. The van der Waals surface area contributed by atoms with E-state index >= 15 is 0 Å². The first-order chi connectivity index (χ1) is 8.27. The molecule has 0 spiro atoms. The van der Waals surface area contributed by atoms with Crippen LogP contribution in [0.5, 0.6) is 0 Å². The zero-order valence-corrected chi connectivity index (χ0v) is 10.7. The van der Waals surface area contributed by atoms with Crippen LogP contribution >= 0.6 is 12.6 Å². The zero-order chi connectivity index (χ0) is 12.1. The Morgan fingerprint density at radius 2 is 1.88 bits per heavy atom. The average Bonchev–Trinajstić information content (AvgIpc) is 2.29. The second kappa shape index (κ2) is 6.07. The molecule has 1 fully saturated rings. The van der Waals surface area contributed by atoms with Crippen LogP contribution in [0.25, 0.3) is 0 Å². The van der Waals surface area contributed by atoms with Crippen molar-refractivity contribution < 1.29 is 4.79 Å². The first-order valence-corrected chi connectivity index (χ1v) is 6.51. The lowest BCUT2D eigenvalue weighted by molar-refractivity contribution is 0.0748. The maximum atomic E-state index is 12.2. The van der Waals surface area contributed by atoms with E-state index in [0.717, 1.165) is 49.5 Å². The van der Waals surface area contributed by atoms with Gasteiger partial charge in [-0.1, -0.05) is 0 Å². The van der Waals surface area contributed by atoms with Crippen molar-refractivity contribution in [2.75, 3.05) is 26.2 Å². The van der Waals surface area contributed by atoms with Gasteiger partial charge < -0.3 is 10.2 Å². The number of nitrogens with one attached hydrogen (secondary N) is 1. The lowest BCUT2D eigenvalue weighted by Crippen LogP contribution is -2.39. The molecule has 0 unspecified atom stereocenters. The van der Waals surface area contributed by atoms with Crippen LogP contribution < -0.4 is 5.32 Å². The fraction of sp³-hybridized carbons (Fsp3) is 0.462. The summed E-state index contributed by atoms with van der Waals surface area (Å²) in [6, 6.07) is 7.41. The van der Waals surface area contributed by atoms with E-state index in [0.29, 0.717) is 0 Å². The Morgan fingerprint density at radius 3 is 2.65 bits per heavy atom. The van der Waals surface area contributed by atoms with Gasteiger partial charge in [-0.25, -0.2) is 0 Å². The highest BCUT2D eigenvalue weighted by Gasteiger charge is 2.15. The van der Waals surface area contributed by atoms with Gasteiger partial charge in [0.25, 0.3) is 5.91 Å². The van der Waals surface area contributed by atoms with Crippen LogP contribution in [0, 0.1) is 0 Å². The minimum atomic E-state index is 0.127. The van der Waals surface area contributed by atoms with Gasteiger partial charge in [-0.3, -0.25) is 4.79 Å². The second-order valence-electron chi connectivity index (χ2n) is 4.30. The predicted octanol–water partition coefficient (Wildman–Crippen LogP) is 1.80. The van der Waals surface area contributed by atoms with Crippen LogP contribution in [0.15, 0.2) is 29.2 Å². The molecule has 0 aliphatic carbocycles. The smallest absolute Gasteiger partial charge is 0.253 e. The highest BCUT2D eigenvalue weighted by atomic mass is 32.1. The fourth-order valence-electron chi connectivity index (χ4n) is 1.99. The highest BCUT2D eigenvalue weighted by Crippen LogP contribution is 2.11. The topological polar surface area (TPSA) is 32.3 Å². The maximum absolute atomic E-state index is 12.2. The number of amides is 1. The number of carbonyl (C=O) groups excluding carboxylic acids is 1. The Kier molecular flexibility index (Phi) is 4.45. The first-order valence-electron chi connectivity index (χ1n) is 6.06. The number of hydrogen-bond acceptors (Lipinski definition) is 3. The Labute approximate surface area is 108 Å². The molecule has 92 valence electrons. The molecule has 1 N–H and O–H groups in total. The molecule has 3 nitrogen and oxygen atoms in total. The molecule has 4 heteroatoms. The minimum absolute atomic E-state index is 0.127. The van der Waals surface area contributed by atoms with Gasteiger partial charge in [0.1, 0.15) is 0 Å². The molecule has 1 aromatic carbocycles. The fourth-order valence-corrected chi connectivity index (χ4v) is 2.14. The Balaban J connectivity index is 2.04. The van der Waals surface area contributed by atoms with Crippen molar-refractivity contribution in [3.63, 3.8) is 0 Å². The van der Waals surface area contributed by atoms with E-state index in [9.17, 15) is 4.79 Å². The van der Waals surface area contributed by atoms with E-state index in [1.165, 1.54) is 0 Å². The molecule has 0 saturated carbocycles. The van der Waals surface area contributed by atoms with Crippen molar-refractivity contribution >= 4 is 18.5 Å². The third-order valence-electron chi connectivity index (χ3n) is 2.99. The molecule has 17 heavy (non-hydrogen) atoms. The van der Waals surface area contributed by atoms with Gasteiger partial charge in [-0.05, 0) is 43.7 Å². The van der Waals surface area contributed by atoms with Crippen molar-refractivity contribution in [1.29, 1.82) is 0 Å².